The number of nitrogens with zero attached hydrogens (tertiary/aromatic N) is 2. The first-order chi connectivity index (χ1) is 5.63. The van der Waals surface area contributed by atoms with E-state index >= 15 is 0 Å². The maximum Gasteiger partial charge on any atom is 0.108 e. The predicted molar refractivity (Wildman–Crippen MR) is 56.5 cm³/mol. The van der Waals surface area contributed by atoms with Crippen LogP contribution in [0.3, 0.4) is 0 Å². The van der Waals surface area contributed by atoms with Crippen molar-refractivity contribution in [2.24, 2.45) is 0 Å². The molecule has 1 aliphatic rings. The standard InChI is InChI=1S/C9H20N2S/c1-5-7-8(6-2)11(4)9(12)10(7)3/h7-9,12H,5-6H2,1-4H3. The molecule has 0 N–H and O–H groups in total. The van der Waals surface area contributed by atoms with E-state index in [0.717, 1.165) is 0 Å². The normalized spacial score (nSPS) is 39.2. The maximum atomic E-state index is 4.56. The van der Waals surface area contributed by atoms with Gasteiger partial charge in [0.15, 0.2) is 0 Å². The summed E-state index contributed by atoms with van der Waals surface area (Å²) in [7, 11) is 4.33. The Balaban J connectivity index is 2.72. The number of hydrogen-bond acceptors (Lipinski definition) is 3. The molecule has 0 bridgehead atoms. The number of rotatable bonds is 2. The van der Waals surface area contributed by atoms with Gasteiger partial charge in [-0.25, -0.2) is 0 Å². The van der Waals surface area contributed by atoms with Gasteiger partial charge in [0.2, 0.25) is 0 Å². The van der Waals surface area contributed by atoms with Gasteiger partial charge in [-0.3, -0.25) is 9.80 Å². The molecule has 0 radical (unpaired) electrons. The molecule has 0 aliphatic carbocycles. The monoisotopic (exact) mass is 188 g/mol. The zero-order valence-corrected chi connectivity index (χ0v) is 9.38. The zero-order chi connectivity index (χ0) is 9.30. The third-order valence-electron chi connectivity index (χ3n) is 3.06. The molecule has 2 atom stereocenters. The van der Waals surface area contributed by atoms with E-state index < -0.39 is 0 Å². The fraction of sp³-hybridized carbons (Fsp3) is 1.00. The van der Waals surface area contributed by atoms with Crippen LogP contribution in [0.1, 0.15) is 26.7 Å². The second kappa shape index (κ2) is 3.99. The van der Waals surface area contributed by atoms with Crippen molar-refractivity contribution in [1.29, 1.82) is 0 Å². The summed E-state index contributed by atoms with van der Waals surface area (Å²) < 4.78 is 0. The molecular formula is C9H20N2S. The third kappa shape index (κ3) is 1.50. The molecule has 3 heteroatoms. The highest BCUT2D eigenvalue weighted by Crippen LogP contribution is 2.29. The topological polar surface area (TPSA) is 6.48 Å². The van der Waals surface area contributed by atoms with Crippen LogP contribution in [0.15, 0.2) is 0 Å². The van der Waals surface area contributed by atoms with E-state index in [1.165, 1.54) is 12.8 Å². The van der Waals surface area contributed by atoms with Crippen LogP contribution in [0.2, 0.25) is 0 Å². The van der Waals surface area contributed by atoms with E-state index in [-0.39, 0.29) is 0 Å². The molecule has 1 aliphatic heterocycles. The van der Waals surface area contributed by atoms with E-state index in [0.29, 0.717) is 17.6 Å². The Morgan fingerprint density at radius 3 is 1.58 bits per heavy atom. The van der Waals surface area contributed by atoms with Gasteiger partial charge in [0.25, 0.3) is 0 Å². The average Bonchev–Trinajstić information content (AvgIpc) is 2.29. The lowest BCUT2D eigenvalue weighted by atomic mass is 10.0. The highest BCUT2D eigenvalue weighted by Gasteiger charge is 2.38. The Kier molecular flexibility index (Phi) is 3.44. The molecule has 0 aromatic carbocycles. The highest BCUT2D eigenvalue weighted by atomic mass is 32.1. The molecule has 1 saturated heterocycles. The second-order valence-corrected chi connectivity index (χ2v) is 4.09. The summed E-state index contributed by atoms with van der Waals surface area (Å²) >= 11 is 4.56. The van der Waals surface area contributed by atoms with Gasteiger partial charge in [-0.2, -0.15) is 0 Å². The fourth-order valence-corrected chi connectivity index (χ4v) is 2.64. The Labute approximate surface area is 81.3 Å². The lowest BCUT2D eigenvalue weighted by Crippen LogP contribution is -2.33. The van der Waals surface area contributed by atoms with Gasteiger partial charge in [0.05, 0.1) is 0 Å². The fourth-order valence-electron chi connectivity index (χ4n) is 2.29. The minimum Gasteiger partial charge on any atom is -0.278 e. The Hall–Kier alpha value is 0.270. The number of likely N-dealkylation sites (N-methyl/N-ethyl adjacent to an activating group) is 2. The first-order valence-electron chi connectivity index (χ1n) is 4.75. The highest BCUT2D eigenvalue weighted by molar-refractivity contribution is 7.80. The van der Waals surface area contributed by atoms with Crippen molar-refractivity contribution in [3.63, 3.8) is 0 Å². The van der Waals surface area contributed by atoms with Crippen molar-refractivity contribution in [3.8, 4) is 0 Å². The van der Waals surface area contributed by atoms with Gasteiger partial charge >= 0.3 is 0 Å². The van der Waals surface area contributed by atoms with Crippen LogP contribution >= 0.6 is 12.6 Å². The molecule has 1 rings (SSSR count). The largest absolute Gasteiger partial charge is 0.278 e. The molecule has 2 nitrogen and oxygen atoms in total. The molecule has 2 unspecified atom stereocenters. The summed E-state index contributed by atoms with van der Waals surface area (Å²) in [5, 5.41) is 0. The number of thiol groups is 1. The van der Waals surface area contributed by atoms with Gasteiger partial charge in [0.1, 0.15) is 5.50 Å². The minimum absolute atomic E-state index is 0.305. The lowest BCUT2D eigenvalue weighted by molar-refractivity contribution is 0.248. The van der Waals surface area contributed by atoms with Crippen molar-refractivity contribution in [3.05, 3.63) is 0 Å². The molecule has 0 amide bonds. The molecule has 0 aromatic heterocycles. The van der Waals surface area contributed by atoms with Crippen molar-refractivity contribution >= 4 is 12.6 Å². The summed E-state index contributed by atoms with van der Waals surface area (Å²) in [6.45, 7) is 4.51. The molecule has 0 aromatic rings. The van der Waals surface area contributed by atoms with Gasteiger partial charge < -0.3 is 0 Å². The summed E-state index contributed by atoms with van der Waals surface area (Å²) in [4.78, 5) is 4.72. The summed E-state index contributed by atoms with van der Waals surface area (Å²) in [5.74, 6) is 0. The van der Waals surface area contributed by atoms with Crippen LogP contribution in [0.4, 0.5) is 0 Å². The molecule has 0 saturated carbocycles. The van der Waals surface area contributed by atoms with Crippen LogP contribution < -0.4 is 0 Å². The maximum absolute atomic E-state index is 4.56. The summed E-state index contributed by atoms with van der Waals surface area (Å²) in [5.41, 5.74) is 0.305. The Morgan fingerprint density at radius 1 is 1.00 bits per heavy atom. The second-order valence-electron chi connectivity index (χ2n) is 3.63. The van der Waals surface area contributed by atoms with Crippen LogP contribution in [0.25, 0.3) is 0 Å². The number of hydrogen-bond donors (Lipinski definition) is 1. The van der Waals surface area contributed by atoms with E-state index in [1.54, 1.807) is 0 Å². The van der Waals surface area contributed by atoms with E-state index in [9.17, 15) is 0 Å². The summed E-state index contributed by atoms with van der Waals surface area (Å²) in [6.07, 6.45) is 2.44. The van der Waals surface area contributed by atoms with Gasteiger partial charge in [-0.05, 0) is 26.9 Å². The minimum atomic E-state index is 0.305. The quantitative estimate of drug-likeness (QED) is 0.658. The van der Waals surface area contributed by atoms with Crippen molar-refractivity contribution in [1.82, 2.24) is 9.80 Å². The SMILES string of the molecule is CCC1C(CC)N(C)C(S)N1C. The Bertz CT molecular complexity index is 135. The predicted octanol–water partition coefficient (Wildman–Crippen LogP) is 1.63. The molecule has 72 valence electrons. The third-order valence-corrected chi connectivity index (χ3v) is 3.78. The van der Waals surface area contributed by atoms with Gasteiger partial charge in [-0.15, -0.1) is 12.6 Å². The molecule has 1 fully saturated rings. The smallest absolute Gasteiger partial charge is 0.108 e. The van der Waals surface area contributed by atoms with Crippen molar-refractivity contribution < 1.29 is 0 Å². The van der Waals surface area contributed by atoms with Crippen LogP contribution in [-0.2, 0) is 0 Å². The Morgan fingerprint density at radius 2 is 1.33 bits per heavy atom. The molecule has 1 heterocycles. The molecular weight excluding hydrogens is 168 g/mol. The van der Waals surface area contributed by atoms with Crippen molar-refractivity contribution in [2.45, 2.75) is 44.3 Å². The zero-order valence-electron chi connectivity index (χ0n) is 8.49. The van der Waals surface area contributed by atoms with Gasteiger partial charge in [0, 0.05) is 12.1 Å². The first kappa shape index (κ1) is 10.4. The van der Waals surface area contributed by atoms with Crippen LogP contribution in [0.5, 0.6) is 0 Å². The molecule has 12 heavy (non-hydrogen) atoms. The first-order valence-corrected chi connectivity index (χ1v) is 5.27. The average molecular weight is 188 g/mol. The van der Waals surface area contributed by atoms with E-state index in [4.69, 9.17) is 0 Å². The summed E-state index contributed by atoms with van der Waals surface area (Å²) in [6, 6.07) is 1.37. The van der Waals surface area contributed by atoms with Crippen LogP contribution in [0, 0.1) is 0 Å². The van der Waals surface area contributed by atoms with Crippen molar-refractivity contribution in [2.75, 3.05) is 14.1 Å². The van der Waals surface area contributed by atoms with Crippen LogP contribution in [-0.4, -0.2) is 41.5 Å². The van der Waals surface area contributed by atoms with Gasteiger partial charge in [-0.1, -0.05) is 13.8 Å². The van der Waals surface area contributed by atoms with E-state index in [2.05, 4.69) is 50.4 Å². The van der Waals surface area contributed by atoms with E-state index in [1.807, 2.05) is 0 Å². The molecule has 0 spiro atoms. The lowest BCUT2D eigenvalue weighted by Gasteiger charge is -2.22.